The molecule has 1 aromatic rings. The topological polar surface area (TPSA) is 64.3 Å². The summed E-state index contributed by atoms with van der Waals surface area (Å²) in [6, 6.07) is 7.96. The van der Waals surface area contributed by atoms with Crippen LogP contribution in [0.1, 0.15) is 31.2 Å². The number of rotatable bonds is 7. The van der Waals surface area contributed by atoms with E-state index >= 15 is 0 Å². The molecule has 0 aliphatic carbocycles. The molecule has 1 amide bonds. The van der Waals surface area contributed by atoms with Crippen LogP contribution in [0.5, 0.6) is 5.75 Å². The van der Waals surface area contributed by atoms with E-state index < -0.39 is 0 Å². The van der Waals surface area contributed by atoms with Gasteiger partial charge in [0.05, 0.1) is 6.61 Å². The monoisotopic (exact) mass is 236 g/mol. The lowest BCUT2D eigenvalue weighted by Gasteiger charge is -2.08. The highest BCUT2D eigenvalue weighted by Crippen LogP contribution is 2.16. The van der Waals surface area contributed by atoms with E-state index in [9.17, 15) is 4.79 Å². The third-order valence-corrected chi connectivity index (χ3v) is 2.56. The lowest BCUT2D eigenvalue weighted by molar-refractivity contribution is -0.121. The van der Waals surface area contributed by atoms with Gasteiger partial charge in [-0.25, -0.2) is 5.84 Å². The molecule has 1 aromatic carbocycles. The average Bonchev–Trinajstić information content (AvgIpc) is 2.35. The smallest absolute Gasteiger partial charge is 0.233 e. The van der Waals surface area contributed by atoms with E-state index in [0.29, 0.717) is 13.0 Å². The number of ether oxygens (including phenoxy) is 1. The van der Waals surface area contributed by atoms with Crippen LogP contribution in [0.4, 0.5) is 0 Å². The van der Waals surface area contributed by atoms with Crippen LogP contribution in [0.3, 0.4) is 0 Å². The van der Waals surface area contributed by atoms with E-state index in [1.54, 1.807) is 0 Å². The fourth-order valence-electron chi connectivity index (χ4n) is 1.54. The van der Waals surface area contributed by atoms with Crippen LogP contribution in [0.25, 0.3) is 0 Å². The number of carbonyl (C=O) groups is 1. The fraction of sp³-hybridized carbons (Fsp3) is 0.462. The molecule has 1 rings (SSSR count). The molecule has 0 spiro atoms. The molecular weight excluding hydrogens is 216 g/mol. The van der Waals surface area contributed by atoms with Gasteiger partial charge in [0.2, 0.25) is 5.91 Å². The van der Waals surface area contributed by atoms with Gasteiger partial charge in [0.25, 0.3) is 0 Å². The van der Waals surface area contributed by atoms with Gasteiger partial charge >= 0.3 is 0 Å². The Kier molecular flexibility index (Phi) is 6.10. The first-order chi connectivity index (χ1) is 8.24. The van der Waals surface area contributed by atoms with Crippen LogP contribution in [0.15, 0.2) is 24.3 Å². The maximum atomic E-state index is 10.8. The van der Waals surface area contributed by atoms with Crippen LogP contribution in [-0.2, 0) is 4.79 Å². The van der Waals surface area contributed by atoms with Crippen LogP contribution in [0.2, 0.25) is 0 Å². The van der Waals surface area contributed by atoms with Crippen molar-refractivity contribution in [2.45, 2.75) is 32.6 Å². The minimum atomic E-state index is -0.107. The van der Waals surface area contributed by atoms with Crippen molar-refractivity contribution < 1.29 is 9.53 Å². The number of carbonyl (C=O) groups excluding carboxylic acids is 1. The summed E-state index contributed by atoms with van der Waals surface area (Å²) < 4.78 is 5.64. The summed E-state index contributed by atoms with van der Waals surface area (Å²) in [6.07, 6.45) is 3.26. The number of hydrogen-bond acceptors (Lipinski definition) is 3. The Morgan fingerprint density at radius 3 is 2.76 bits per heavy atom. The summed E-state index contributed by atoms with van der Waals surface area (Å²) >= 11 is 0. The molecule has 0 radical (unpaired) electrons. The van der Waals surface area contributed by atoms with E-state index in [1.807, 2.05) is 31.2 Å². The summed E-state index contributed by atoms with van der Waals surface area (Å²) in [4.78, 5) is 10.8. The van der Waals surface area contributed by atoms with E-state index in [4.69, 9.17) is 10.6 Å². The molecule has 0 bridgehead atoms. The molecule has 4 heteroatoms. The standard InChI is InChI=1S/C13H20N2O2/c1-11-7-4-5-8-12(11)17-10-6-2-3-9-13(16)15-14/h4-5,7-8H,2-3,6,9-10,14H2,1H3,(H,15,16). The summed E-state index contributed by atoms with van der Waals surface area (Å²) in [5.41, 5.74) is 3.27. The van der Waals surface area contributed by atoms with Crippen molar-refractivity contribution >= 4 is 5.91 Å². The molecule has 4 nitrogen and oxygen atoms in total. The second-order valence-corrected chi connectivity index (χ2v) is 3.99. The highest BCUT2D eigenvalue weighted by Gasteiger charge is 1.99. The summed E-state index contributed by atoms with van der Waals surface area (Å²) in [5.74, 6) is 5.81. The first kappa shape index (κ1) is 13.5. The first-order valence-corrected chi connectivity index (χ1v) is 5.92. The van der Waals surface area contributed by atoms with Crippen LogP contribution >= 0.6 is 0 Å². The van der Waals surface area contributed by atoms with Crippen molar-refractivity contribution in [2.24, 2.45) is 5.84 Å². The van der Waals surface area contributed by atoms with E-state index in [0.717, 1.165) is 30.6 Å². The number of benzene rings is 1. The van der Waals surface area contributed by atoms with Gasteiger partial charge in [-0.3, -0.25) is 10.2 Å². The lowest BCUT2D eigenvalue weighted by Crippen LogP contribution is -2.29. The Balaban J connectivity index is 2.09. The third-order valence-electron chi connectivity index (χ3n) is 2.56. The summed E-state index contributed by atoms with van der Waals surface area (Å²) in [6.45, 7) is 2.72. The van der Waals surface area contributed by atoms with E-state index in [-0.39, 0.29) is 5.91 Å². The Bertz CT molecular complexity index is 353. The Hall–Kier alpha value is -1.55. The maximum absolute atomic E-state index is 10.8. The van der Waals surface area contributed by atoms with Crippen molar-refractivity contribution in [3.05, 3.63) is 29.8 Å². The largest absolute Gasteiger partial charge is 0.493 e. The maximum Gasteiger partial charge on any atom is 0.233 e. The number of para-hydroxylation sites is 1. The van der Waals surface area contributed by atoms with Gasteiger partial charge in [-0.1, -0.05) is 18.2 Å². The van der Waals surface area contributed by atoms with Gasteiger partial charge in [0.15, 0.2) is 0 Å². The predicted octanol–water partition coefficient (Wildman–Crippen LogP) is 1.92. The molecule has 17 heavy (non-hydrogen) atoms. The minimum absolute atomic E-state index is 0.107. The number of nitrogens with one attached hydrogen (secondary N) is 1. The Morgan fingerprint density at radius 2 is 2.06 bits per heavy atom. The average molecular weight is 236 g/mol. The molecule has 94 valence electrons. The van der Waals surface area contributed by atoms with E-state index in [1.165, 1.54) is 0 Å². The lowest BCUT2D eigenvalue weighted by atomic mass is 10.2. The molecule has 3 N–H and O–H groups in total. The quantitative estimate of drug-likeness (QED) is 0.329. The zero-order valence-electron chi connectivity index (χ0n) is 10.2. The number of aryl methyl sites for hydroxylation is 1. The molecule has 0 atom stereocenters. The van der Waals surface area contributed by atoms with Crippen molar-refractivity contribution in [3.63, 3.8) is 0 Å². The highest BCUT2D eigenvalue weighted by molar-refractivity contribution is 5.74. The molecule has 0 saturated carbocycles. The fourth-order valence-corrected chi connectivity index (χ4v) is 1.54. The zero-order valence-corrected chi connectivity index (χ0v) is 10.2. The van der Waals surface area contributed by atoms with Crippen molar-refractivity contribution in [1.82, 2.24) is 5.43 Å². The third kappa shape index (κ3) is 5.36. The normalized spacial score (nSPS) is 10.0. The molecule has 0 aromatic heterocycles. The molecule has 0 aliphatic heterocycles. The number of unbranched alkanes of at least 4 members (excludes halogenated alkanes) is 2. The van der Waals surface area contributed by atoms with Crippen LogP contribution in [-0.4, -0.2) is 12.5 Å². The predicted molar refractivity (Wildman–Crippen MR) is 67.5 cm³/mol. The zero-order chi connectivity index (χ0) is 12.5. The minimum Gasteiger partial charge on any atom is -0.493 e. The number of nitrogens with two attached hydrogens (primary N) is 1. The summed E-state index contributed by atoms with van der Waals surface area (Å²) in [5, 5.41) is 0. The number of hydrazine groups is 1. The van der Waals surface area contributed by atoms with Crippen LogP contribution < -0.4 is 16.0 Å². The highest BCUT2D eigenvalue weighted by atomic mass is 16.5. The SMILES string of the molecule is Cc1ccccc1OCCCCCC(=O)NN. The van der Waals surface area contributed by atoms with Gasteiger partial charge in [0.1, 0.15) is 5.75 Å². The van der Waals surface area contributed by atoms with Crippen LogP contribution in [0, 0.1) is 6.92 Å². The van der Waals surface area contributed by atoms with Crippen molar-refractivity contribution in [2.75, 3.05) is 6.61 Å². The van der Waals surface area contributed by atoms with Gasteiger partial charge in [-0.2, -0.15) is 0 Å². The molecule has 0 unspecified atom stereocenters. The Morgan fingerprint density at radius 1 is 1.29 bits per heavy atom. The van der Waals surface area contributed by atoms with Crippen molar-refractivity contribution in [3.8, 4) is 5.75 Å². The van der Waals surface area contributed by atoms with Gasteiger partial charge in [-0.05, 0) is 37.8 Å². The molecule has 0 fully saturated rings. The second-order valence-electron chi connectivity index (χ2n) is 3.99. The summed E-state index contributed by atoms with van der Waals surface area (Å²) in [7, 11) is 0. The molecular formula is C13H20N2O2. The van der Waals surface area contributed by atoms with Gasteiger partial charge in [-0.15, -0.1) is 0 Å². The molecule has 0 aliphatic rings. The van der Waals surface area contributed by atoms with E-state index in [2.05, 4.69) is 5.43 Å². The van der Waals surface area contributed by atoms with Crippen molar-refractivity contribution in [1.29, 1.82) is 0 Å². The van der Waals surface area contributed by atoms with Gasteiger partial charge < -0.3 is 4.74 Å². The molecule has 0 heterocycles. The first-order valence-electron chi connectivity index (χ1n) is 5.92. The number of amides is 1. The molecule has 0 saturated heterocycles. The number of hydrogen-bond donors (Lipinski definition) is 2. The second kappa shape index (κ2) is 7.68. The van der Waals surface area contributed by atoms with Gasteiger partial charge in [0, 0.05) is 6.42 Å². The Labute approximate surface area is 102 Å².